The minimum Gasteiger partial charge on any atom is -0.370 e. The highest BCUT2D eigenvalue weighted by atomic mass is 32.2. The van der Waals surface area contributed by atoms with Crippen molar-refractivity contribution in [1.82, 2.24) is 4.90 Å². The smallest absolute Gasteiger partial charge is 0.218 e. The summed E-state index contributed by atoms with van der Waals surface area (Å²) < 4.78 is 23.7. The highest BCUT2D eigenvalue weighted by Gasteiger charge is 2.32. The summed E-state index contributed by atoms with van der Waals surface area (Å²) in [7, 11) is -3.07. The van der Waals surface area contributed by atoms with Gasteiger partial charge < -0.3 is 5.73 Å². The van der Waals surface area contributed by atoms with Crippen LogP contribution in [0.2, 0.25) is 0 Å². The molecule has 1 fully saturated rings. The van der Waals surface area contributed by atoms with Gasteiger partial charge in [0.25, 0.3) is 0 Å². The predicted octanol–water partition coefficient (Wildman–Crippen LogP) is -0.329. The molecule has 5 nitrogen and oxygen atoms in total. The van der Waals surface area contributed by atoms with Crippen LogP contribution in [0.5, 0.6) is 0 Å². The van der Waals surface area contributed by atoms with Crippen LogP contribution in [-0.4, -0.2) is 54.9 Å². The molecule has 0 aromatic heterocycles. The second kappa shape index (κ2) is 5.88. The Bertz CT molecular complexity index is 343. The van der Waals surface area contributed by atoms with Crippen LogP contribution in [0.25, 0.3) is 0 Å². The fraction of sp³-hybridized carbons (Fsp3) is 0.889. The lowest BCUT2D eigenvalue weighted by Crippen LogP contribution is -2.48. The Morgan fingerprint density at radius 3 is 2.81 bits per heavy atom. The zero-order valence-electron chi connectivity index (χ0n) is 9.39. The van der Waals surface area contributed by atoms with E-state index in [1.54, 1.807) is 18.7 Å². The Labute approximate surface area is 101 Å². The van der Waals surface area contributed by atoms with Gasteiger partial charge in [0.1, 0.15) is 5.37 Å². The Morgan fingerprint density at radius 1 is 1.56 bits per heavy atom. The first-order valence-corrected chi connectivity index (χ1v) is 8.16. The standard InChI is InChI=1S/C9H18N2O3S2/c1-2-16(13,14)9-7-15-6-5-11(9)4-3-8(10)12/h9H,2-7H2,1H3,(H2,10,12). The van der Waals surface area contributed by atoms with Crippen LogP contribution < -0.4 is 5.73 Å². The quantitative estimate of drug-likeness (QED) is 0.737. The number of hydrogen-bond donors (Lipinski definition) is 1. The maximum Gasteiger partial charge on any atom is 0.218 e. The van der Waals surface area contributed by atoms with Crippen LogP contribution in [0.15, 0.2) is 0 Å². The van der Waals surface area contributed by atoms with Gasteiger partial charge in [0, 0.05) is 36.8 Å². The first-order chi connectivity index (χ1) is 7.47. The maximum absolute atomic E-state index is 11.8. The topological polar surface area (TPSA) is 80.5 Å². The molecule has 1 saturated heterocycles. The van der Waals surface area contributed by atoms with E-state index in [9.17, 15) is 13.2 Å². The molecule has 0 saturated carbocycles. The maximum atomic E-state index is 11.8. The lowest BCUT2D eigenvalue weighted by molar-refractivity contribution is -0.118. The largest absolute Gasteiger partial charge is 0.370 e. The molecule has 1 heterocycles. The van der Waals surface area contributed by atoms with Crippen molar-refractivity contribution in [3.05, 3.63) is 0 Å². The van der Waals surface area contributed by atoms with Gasteiger partial charge in [-0.15, -0.1) is 0 Å². The van der Waals surface area contributed by atoms with E-state index in [-0.39, 0.29) is 18.1 Å². The molecule has 7 heteroatoms. The van der Waals surface area contributed by atoms with Gasteiger partial charge >= 0.3 is 0 Å². The number of nitrogens with zero attached hydrogens (tertiary/aromatic N) is 1. The molecule has 1 rings (SSSR count). The Balaban J connectivity index is 2.68. The molecule has 0 aromatic rings. The van der Waals surface area contributed by atoms with E-state index in [1.807, 2.05) is 4.90 Å². The normalized spacial score (nSPS) is 23.2. The lowest BCUT2D eigenvalue weighted by Gasteiger charge is -2.34. The third kappa shape index (κ3) is 3.64. The molecule has 1 unspecified atom stereocenters. The average Bonchev–Trinajstić information content (AvgIpc) is 2.26. The first kappa shape index (κ1) is 13.8. The molecule has 1 amide bonds. The predicted molar refractivity (Wildman–Crippen MR) is 66.0 cm³/mol. The van der Waals surface area contributed by atoms with Gasteiger partial charge in [-0.05, 0) is 0 Å². The van der Waals surface area contributed by atoms with Gasteiger partial charge in [-0.3, -0.25) is 9.69 Å². The second-order valence-corrected chi connectivity index (χ2v) is 7.33. The highest BCUT2D eigenvalue weighted by Crippen LogP contribution is 2.21. The molecule has 94 valence electrons. The SMILES string of the molecule is CCS(=O)(=O)C1CSCCN1CCC(N)=O. The lowest BCUT2D eigenvalue weighted by atomic mass is 10.3. The summed E-state index contributed by atoms with van der Waals surface area (Å²) >= 11 is 1.65. The van der Waals surface area contributed by atoms with Crippen molar-refractivity contribution in [3.8, 4) is 0 Å². The molecule has 1 aliphatic rings. The minimum atomic E-state index is -3.07. The number of amides is 1. The Hall–Kier alpha value is -0.270. The van der Waals surface area contributed by atoms with Gasteiger partial charge in [-0.25, -0.2) is 8.42 Å². The third-order valence-corrected chi connectivity index (χ3v) is 5.99. The Kier molecular flexibility index (Phi) is 5.07. The number of rotatable bonds is 5. The number of hydrogen-bond acceptors (Lipinski definition) is 5. The second-order valence-electron chi connectivity index (χ2n) is 3.73. The molecule has 2 N–H and O–H groups in total. The molecule has 1 atom stereocenters. The molecule has 0 aromatic carbocycles. The summed E-state index contributed by atoms with van der Waals surface area (Å²) in [5.41, 5.74) is 5.08. The molecule has 0 spiro atoms. The van der Waals surface area contributed by atoms with Gasteiger partial charge in [0.05, 0.1) is 0 Å². The molecule has 0 aliphatic carbocycles. The van der Waals surface area contributed by atoms with Crippen molar-refractivity contribution in [2.45, 2.75) is 18.7 Å². The zero-order chi connectivity index (χ0) is 12.2. The minimum absolute atomic E-state index is 0.144. The summed E-state index contributed by atoms with van der Waals surface area (Å²) in [6.07, 6.45) is 0.223. The van der Waals surface area contributed by atoms with E-state index in [0.29, 0.717) is 18.8 Å². The summed E-state index contributed by atoms with van der Waals surface area (Å²) in [6.45, 7) is 2.81. The third-order valence-electron chi connectivity index (χ3n) is 2.65. The Morgan fingerprint density at radius 2 is 2.25 bits per heavy atom. The molecule has 1 aliphatic heterocycles. The van der Waals surface area contributed by atoms with E-state index in [1.165, 1.54) is 0 Å². The number of thioether (sulfide) groups is 1. The van der Waals surface area contributed by atoms with Crippen molar-refractivity contribution in [2.75, 3.05) is 30.3 Å². The molecule has 0 radical (unpaired) electrons. The van der Waals surface area contributed by atoms with Gasteiger partial charge in [0.15, 0.2) is 9.84 Å². The number of carbonyl (C=O) groups is 1. The van der Waals surface area contributed by atoms with Crippen LogP contribution in [0.3, 0.4) is 0 Å². The van der Waals surface area contributed by atoms with Crippen molar-refractivity contribution in [3.63, 3.8) is 0 Å². The van der Waals surface area contributed by atoms with Crippen molar-refractivity contribution in [2.24, 2.45) is 5.73 Å². The van der Waals surface area contributed by atoms with Crippen LogP contribution in [0.4, 0.5) is 0 Å². The van der Waals surface area contributed by atoms with E-state index >= 15 is 0 Å². The fourth-order valence-corrected chi connectivity index (χ4v) is 4.76. The van der Waals surface area contributed by atoms with Crippen LogP contribution >= 0.6 is 11.8 Å². The zero-order valence-corrected chi connectivity index (χ0v) is 11.0. The molecular weight excluding hydrogens is 248 g/mol. The van der Waals surface area contributed by atoms with Gasteiger partial charge in [-0.2, -0.15) is 11.8 Å². The summed E-state index contributed by atoms with van der Waals surface area (Å²) in [4.78, 5) is 12.6. The van der Waals surface area contributed by atoms with E-state index in [4.69, 9.17) is 5.73 Å². The average molecular weight is 266 g/mol. The number of nitrogens with two attached hydrogens (primary N) is 1. The molecular formula is C9H18N2O3S2. The number of primary amides is 1. The summed E-state index contributed by atoms with van der Waals surface area (Å²) in [5.74, 6) is 1.26. The van der Waals surface area contributed by atoms with E-state index < -0.39 is 15.2 Å². The molecule has 16 heavy (non-hydrogen) atoms. The summed E-state index contributed by atoms with van der Waals surface area (Å²) in [5, 5.41) is -0.449. The van der Waals surface area contributed by atoms with E-state index in [2.05, 4.69) is 0 Å². The fourth-order valence-electron chi connectivity index (χ4n) is 1.65. The monoisotopic (exact) mass is 266 g/mol. The van der Waals surface area contributed by atoms with E-state index in [0.717, 1.165) is 5.75 Å². The van der Waals surface area contributed by atoms with Crippen molar-refractivity contribution in [1.29, 1.82) is 0 Å². The van der Waals surface area contributed by atoms with Crippen LogP contribution in [-0.2, 0) is 14.6 Å². The van der Waals surface area contributed by atoms with Crippen molar-refractivity contribution < 1.29 is 13.2 Å². The van der Waals surface area contributed by atoms with Gasteiger partial charge in [0.2, 0.25) is 5.91 Å². The first-order valence-electron chi connectivity index (χ1n) is 5.29. The van der Waals surface area contributed by atoms with Crippen LogP contribution in [0.1, 0.15) is 13.3 Å². The number of sulfone groups is 1. The molecule has 0 bridgehead atoms. The summed E-state index contributed by atoms with van der Waals surface area (Å²) in [6, 6.07) is 0. The van der Waals surface area contributed by atoms with Gasteiger partial charge in [-0.1, -0.05) is 6.92 Å². The highest BCUT2D eigenvalue weighted by molar-refractivity contribution is 8.01. The van der Waals surface area contributed by atoms with Crippen molar-refractivity contribution >= 4 is 27.5 Å². The van der Waals surface area contributed by atoms with Crippen LogP contribution in [0, 0.1) is 0 Å². The number of carbonyl (C=O) groups excluding carboxylic acids is 1.